The van der Waals surface area contributed by atoms with Crippen molar-refractivity contribution >= 4 is 17.9 Å². The van der Waals surface area contributed by atoms with Gasteiger partial charge in [-0.25, -0.2) is 0 Å². The second-order valence-corrected chi connectivity index (χ2v) is 7.12. The van der Waals surface area contributed by atoms with Crippen molar-refractivity contribution < 1.29 is 19.1 Å². The Kier molecular flexibility index (Phi) is 6.67. The molecule has 0 unspecified atom stereocenters. The molecule has 1 aliphatic heterocycles. The molecule has 152 valence electrons. The summed E-state index contributed by atoms with van der Waals surface area (Å²) in [6, 6.07) is 16.1. The van der Waals surface area contributed by atoms with Crippen LogP contribution in [0.3, 0.4) is 0 Å². The van der Waals surface area contributed by atoms with Crippen molar-refractivity contribution in [3.05, 3.63) is 71.4 Å². The number of hydrogen-bond donors (Lipinski definition) is 1. The first-order chi connectivity index (χ1) is 14.0. The first-order valence-electron chi connectivity index (χ1n) is 9.63. The third-order valence-corrected chi connectivity index (χ3v) is 4.65. The summed E-state index contributed by atoms with van der Waals surface area (Å²) in [6.45, 7) is 4.82. The van der Waals surface area contributed by atoms with Crippen LogP contribution >= 0.6 is 0 Å². The normalized spacial score (nSPS) is 19.6. The molecule has 2 atom stereocenters. The highest BCUT2D eigenvalue weighted by molar-refractivity contribution is 6.05. The van der Waals surface area contributed by atoms with Gasteiger partial charge >= 0.3 is 0 Å². The number of amides is 2. The standard InChI is InChI=1S/C23H26N2O4/c1-16-14-25(15-17(2)29-16)23(27)21(13-18-9-11-20(28-3)12-10-18)24-22(26)19-7-5-4-6-8-19/h4-13,16-17H,14-15H2,1-3H3,(H,24,26)/t16-,17-/m0/s1. The van der Waals surface area contributed by atoms with Gasteiger partial charge in [0.2, 0.25) is 0 Å². The Morgan fingerprint density at radius 2 is 1.66 bits per heavy atom. The number of morpholine rings is 1. The van der Waals surface area contributed by atoms with Crippen LogP contribution in [-0.4, -0.2) is 49.1 Å². The van der Waals surface area contributed by atoms with Gasteiger partial charge in [-0.3, -0.25) is 9.59 Å². The number of nitrogens with one attached hydrogen (secondary N) is 1. The van der Waals surface area contributed by atoms with Crippen molar-refractivity contribution in [1.29, 1.82) is 0 Å². The van der Waals surface area contributed by atoms with Crippen molar-refractivity contribution in [3.8, 4) is 5.75 Å². The summed E-state index contributed by atoms with van der Waals surface area (Å²) in [5.74, 6) is 0.166. The van der Waals surface area contributed by atoms with Gasteiger partial charge in [-0.05, 0) is 49.8 Å². The maximum atomic E-state index is 13.2. The minimum atomic E-state index is -0.326. The van der Waals surface area contributed by atoms with E-state index in [1.165, 1.54) is 0 Å². The molecule has 1 N–H and O–H groups in total. The Morgan fingerprint density at radius 3 is 2.24 bits per heavy atom. The van der Waals surface area contributed by atoms with Crippen LogP contribution < -0.4 is 10.1 Å². The molecule has 2 aromatic rings. The van der Waals surface area contributed by atoms with E-state index in [0.717, 1.165) is 11.3 Å². The first-order valence-corrected chi connectivity index (χ1v) is 9.63. The zero-order valence-corrected chi connectivity index (χ0v) is 16.9. The van der Waals surface area contributed by atoms with Crippen LogP contribution in [0.2, 0.25) is 0 Å². The lowest BCUT2D eigenvalue weighted by Crippen LogP contribution is -2.50. The minimum Gasteiger partial charge on any atom is -0.497 e. The summed E-state index contributed by atoms with van der Waals surface area (Å²) in [4.78, 5) is 27.7. The Balaban J connectivity index is 1.88. The molecule has 0 bridgehead atoms. The predicted molar refractivity (Wildman–Crippen MR) is 111 cm³/mol. The van der Waals surface area contributed by atoms with Gasteiger partial charge in [0.15, 0.2) is 0 Å². The molecule has 1 saturated heterocycles. The highest BCUT2D eigenvalue weighted by atomic mass is 16.5. The van der Waals surface area contributed by atoms with Crippen molar-refractivity contribution in [1.82, 2.24) is 10.2 Å². The number of ether oxygens (including phenoxy) is 2. The van der Waals surface area contributed by atoms with Gasteiger partial charge in [0, 0.05) is 18.7 Å². The smallest absolute Gasteiger partial charge is 0.270 e. The fraction of sp³-hybridized carbons (Fsp3) is 0.304. The monoisotopic (exact) mass is 394 g/mol. The summed E-state index contributed by atoms with van der Waals surface area (Å²) < 4.78 is 10.9. The Morgan fingerprint density at radius 1 is 1.03 bits per heavy atom. The summed E-state index contributed by atoms with van der Waals surface area (Å²) in [7, 11) is 1.60. The van der Waals surface area contributed by atoms with E-state index < -0.39 is 0 Å². The van der Waals surface area contributed by atoms with Gasteiger partial charge < -0.3 is 19.7 Å². The van der Waals surface area contributed by atoms with Crippen molar-refractivity contribution in [2.24, 2.45) is 0 Å². The van der Waals surface area contributed by atoms with Crippen LogP contribution in [0.1, 0.15) is 29.8 Å². The van der Waals surface area contributed by atoms with E-state index in [2.05, 4.69) is 5.32 Å². The number of nitrogens with zero attached hydrogens (tertiary/aromatic N) is 1. The van der Waals surface area contributed by atoms with Crippen LogP contribution in [-0.2, 0) is 9.53 Å². The van der Waals surface area contributed by atoms with Crippen LogP contribution in [0.5, 0.6) is 5.75 Å². The molecular weight excluding hydrogens is 368 g/mol. The van der Waals surface area contributed by atoms with E-state index in [9.17, 15) is 9.59 Å². The molecule has 0 aliphatic carbocycles. The van der Waals surface area contributed by atoms with E-state index in [4.69, 9.17) is 9.47 Å². The van der Waals surface area contributed by atoms with Crippen molar-refractivity contribution in [3.63, 3.8) is 0 Å². The summed E-state index contributed by atoms with van der Waals surface area (Å²) in [5, 5.41) is 2.80. The highest BCUT2D eigenvalue weighted by Crippen LogP contribution is 2.17. The molecule has 0 radical (unpaired) electrons. The lowest BCUT2D eigenvalue weighted by atomic mass is 10.1. The van der Waals surface area contributed by atoms with E-state index in [0.29, 0.717) is 18.7 Å². The Bertz CT molecular complexity index is 868. The third kappa shape index (κ3) is 5.45. The van der Waals surface area contributed by atoms with Crippen molar-refractivity contribution in [2.45, 2.75) is 26.1 Å². The number of carbonyl (C=O) groups is 2. The molecule has 3 rings (SSSR count). The summed E-state index contributed by atoms with van der Waals surface area (Å²) in [5.41, 5.74) is 1.51. The molecule has 6 nitrogen and oxygen atoms in total. The fourth-order valence-corrected chi connectivity index (χ4v) is 3.32. The number of carbonyl (C=O) groups excluding carboxylic acids is 2. The van der Waals surface area contributed by atoms with Crippen molar-refractivity contribution in [2.75, 3.05) is 20.2 Å². The maximum Gasteiger partial charge on any atom is 0.270 e. The molecule has 29 heavy (non-hydrogen) atoms. The van der Waals surface area contributed by atoms with Gasteiger partial charge in [-0.1, -0.05) is 30.3 Å². The average molecular weight is 394 g/mol. The predicted octanol–water partition coefficient (Wildman–Crippen LogP) is 3.10. The van der Waals surface area contributed by atoms with E-state index in [1.807, 2.05) is 44.2 Å². The van der Waals surface area contributed by atoms with Gasteiger partial charge in [0.25, 0.3) is 11.8 Å². The zero-order chi connectivity index (χ0) is 20.8. The fourth-order valence-electron chi connectivity index (χ4n) is 3.32. The third-order valence-electron chi connectivity index (χ3n) is 4.65. The number of rotatable bonds is 5. The number of hydrogen-bond acceptors (Lipinski definition) is 4. The second kappa shape index (κ2) is 9.39. The molecular formula is C23H26N2O4. The van der Waals surface area contributed by atoms with Crippen LogP contribution in [0.25, 0.3) is 6.08 Å². The van der Waals surface area contributed by atoms with E-state index in [-0.39, 0.29) is 29.7 Å². The van der Waals surface area contributed by atoms with Crippen LogP contribution in [0, 0.1) is 0 Å². The molecule has 2 aromatic carbocycles. The SMILES string of the molecule is COc1ccc(C=C(NC(=O)c2ccccc2)C(=O)N2C[C@H](C)O[C@@H](C)C2)cc1. The molecule has 1 aliphatic rings. The minimum absolute atomic E-state index is 0.0604. The molecule has 2 amide bonds. The van der Waals surface area contributed by atoms with Gasteiger partial charge in [-0.2, -0.15) is 0 Å². The molecule has 1 fully saturated rings. The molecule has 0 saturated carbocycles. The quantitative estimate of drug-likeness (QED) is 0.792. The average Bonchev–Trinajstić information content (AvgIpc) is 2.73. The van der Waals surface area contributed by atoms with Gasteiger partial charge in [0.1, 0.15) is 11.4 Å². The summed E-state index contributed by atoms with van der Waals surface area (Å²) >= 11 is 0. The highest BCUT2D eigenvalue weighted by Gasteiger charge is 2.28. The largest absolute Gasteiger partial charge is 0.497 e. The molecule has 0 aromatic heterocycles. The maximum absolute atomic E-state index is 13.2. The van der Waals surface area contributed by atoms with E-state index in [1.54, 1.807) is 42.4 Å². The Labute approximate surface area is 171 Å². The molecule has 0 spiro atoms. The molecule has 1 heterocycles. The van der Waals surface area contributed by atoms with Gasteiger partial charge in [0.05, 0.1) is 19.3 Å². The van der Waals surface area contributed by atoms with Gasteiger partial charge in [-0.15, -0.1) is 0 Å². The lowest BCUT2D eigenvalue weighted by Gasteiger charge is -2.35. The summed E-state index contributed by atoms with van der Waals surface area (Å²) in [6.07, 6.45) is 1.57. The molecule has 6 heteroatoms. The lowest BCUT2D eigenvalue weighted by molar-refractivity contribution is -0.139. The topological polar surface area (TPSA) is 67.9 Å². The zero-order valence-electron chi connectivity index (χ0n) is 16.9. The number of benzene rings is 2. The first kappa shape index (κ1) is 20.6. The van der Waals surface area contributed by atoms with E-state index >= 15 is 0 Å². The second-order valence-electron chi connectivity index (χ2n) is 7.12. The van der Waals surface area contributed by atoms with Crippen LogP contribution in [0.15, 0.2) is 60.3 Å². The number of methoxy groups -OCH3 is 1. The Hall–Kier alpha value is -3.12. The van der Waals surface area contributed by atoms with Crippen LogP contribution in [0.4, 0.5) is 0 Å².